The zero-order valence-corrected chi connectivity index (χ0v) is 9.70. The van der Waals surface area contributed by atoms with E-state index < -0.39 is 0 Å². The Morgan fingerprint density at radius 3 is 2.81 bits per heavy atom. The summed E-state index contributed by atoms with van der Waals surface area (Å²) in [5.41, 5.74) is 3.87. The minimum Gasteiger partial charge on any atom is -0.308 e. The molecule has 0 aliphatic carbocycles. The van der Waals surface area contributed by atoms with Crippen LogP contribution in [-0.2, 0) is 5.88 Å². The molecule has 1 heterocycles. The van der Waals surface area contributed by atoms with E-state index in [4.69, 9.17) is 16.9 Å². The van der Waals surface area contributed by atoms with Gasteiger partial charge in [0, 0.05) is 17.8 Å². The van der Waals surface area contributed by atoms with Crippen LogP contribution in [0.3, 0.4) is 0 Å². The average Bonchev–Trinajstić information content (AvgIpc) is 2.76. The van der Waals surface area contributed by atoms with Gasteiger partial charge in [0.25, 0.3) is 0 Å². The molecule has 0 saturated heterocycles. The predicted octanol–water partition coefficient (Wildman–Crippen LogP) is 3.40. The molecule has 0 fully saturated rings. The van der Waals surface area contributed by atoms with Crippen molar-refractivity contribution in [1.29, 1.82) is 5.26 Å². The Labute approximate surface area is 99.7 Å². The summed E-state index contributed by atoms with van der Waals surface area (Å²) >= 11 is 5.78. The Bertz CT molecular complexity index is 549. The monoisotopic (exact) mass is 230 g/mol. The summed E-state index contributed by atoms with van der Waals surface area (Å²) in [6.45, 7) is 2.02. The van der Waals surface area contributed by atoms with E-state index in [1.807, 2.05) is 42.0 Å². The number of hydrogen-bond donors (Lipinski definition) is 0. The van der Waals surface area contributed by atoms with Crippen LogP contribution in [0.15, 0.2) is 36.5 Å². The van der Waals surface area contributed by atoms with Crippen molar-refractivity contribution in [1.82, 2.24) is 4.57 Å². The molecule has 16 heavy (non-hydrogen) atoms. The number of benzene rings is 1. The van der Waals surface area contributed by atoms with Crippen molar-refractivity contribution in [3.63, 3.8) is 0 Å². The van der Waals surface area contributed by atoms with Crippen molar-refractivity contribution < 1.29 is 0 Å². The molecule has 0 aliphatic heterocycles. The molecule has 2 nitrogen and oxygen atoms in total. The van der Waals surface area contributed by atoms with Crippen LogP contribution < -0.4 is 0 Å². The second kappa shape index (κ2) is 4.42. The molecule has 3 heteroatoms. The van der Waals surface area contributed by atoms with Crippen LogP contribution in [0, 0.1) is 18.3 Å². The maximum absolute atomic E-state index is 8.97. The van der Waals surface area contributed by atoms with Gasteiger partial charge in [-0.2, -0.15) is 5.26 Å². The molecule has 0 bridgehead atoms. The van der Waals surface area contributed by atoms with Gasteiger partial charge in [0.15, 0.2) is 0 Å². The average molecular weight is 231 g/mol. The number of aryl methyl sites for hydroxylation is 1. The molecule has 0 aliphatic rings. The van der Waals surface area contributed by atoms with Crippen molar-refractivity contribution in [2.45, 2.75) is 12.8 Å². The van der Waals surface area contributed by atoms with Gasteiger partial charge in [0.1, 0.15) is 11.8 Å². The zero-order chi connectivity index (χ0) is 11.5. The van der Waals surface area contributed by atoms with Gasteiger partial charge in [-0.25, -0.2) is 0 Å². The second-order valence-electron chi connectivity index (χ2n) is 3.63. The summed E-state index contributed by atoms with van der Waals surface area (Å²) in [6.07, 6.45) is 1.89. The fraction of sp³-hybridized carbons (Fsp3) is 0.154. The molecule has 1 aromatic heterocycles. The van der Waals surface area contributed by atoms with Crippen LogP contribution in [0.2, 0.25) is 0 Å². The minimum absolute atomic E-state index is 0.512. The molecule has 0 radical (unpaired) electrons. The van der Waals surface area contributed by atoms with E-state index in [1.54, 1.807) is 6.07 Å². The first-order valence-electron chi connectivity index (χ1n) is 4.99. The third kappa shape index (κ3) is 1.82. The van der Waals surface area contributed by atoms with Crippen LogP contribution >= 0.6 is 11.6 Å². The van der Waals surface area contributed by atoms with Crippen LogP contribution in [0.5, 0.6) is 0 Å². The van der Waals surface area contributed by atoms with E-state index in [9.17, 15) is 0 Å². The van der Waals surface area contributed by atoms with Gasteiger partial charge in [-0.15, -0.1) is 11.6 Å². The van der Waals surface area contributed by atoms with Crippen molar-refractivity contribution in [3.05, 3.63) is 53.3 Å². The first kappa shape index (κ1) is 10.8. The number of nitrogens with zero attached hydrogens (tertiary/aromatic N) is 2. The number of hydrogen-bond acceptors (Lipinski definition) is 1. The van der Waals surface area contributed by atoms with Crippen LogP contribution in [0.1, 0.15) is 16.8 Å². The minimum atomic E-state index is 0.512. The predicted molar refractivity (Wildman–Crippen MR) is 64.8 cm³/mol. The second-order valence-corrected chi connectivity index (χ2v) is 3.90. The Morgan fingerprint density at radius 2 is 2.19 bits per heavy atom. The number of nitriles is 1. The number of halogens is 1. The van der Waals surface area contributed by atoms with E-state index in [0.29, 0.717) is 11.6 Å². The summed E-state index contributed by atoms with van der Waals surface area (Å²) in [6, 6.07) is 11.9. The topological polar surface area (TPSA) is 28.7 Å². The van der Waals surface area contributed by atoms with Gasteiger partial charge in [0.2, 0.25) is 0 Å². The Hall–Kier alpha value is -1.72. The standard InChI is InChI=1S/C13H11ClN2/c1-10-7-11(8-14)4-5-13(10)16-6-2-3-12(16)9-15/h2-7H,8H2,1H3. The lowest BCUT2D eigenvalue weighted by atomic mass is 10.1. The maximum atomic E-state index is 8.97. The molecule has 80 valence electrons. The Balaban J connectivity index is 2.53. The molecule has 2 aromatic rings. The molecule has 0 unspecified atom stereocenters. The molecule has 1 aromatic carbocycles. The molecule has 0 atom stereocenters. The van der Waals surface area contributed by atoms with Gasteiger partial charge in [-0.1, -0.05) is 12.1 Å². The molecule has 0 N–H and O–H groups in total. The zero-order valence-electron chi connectivity index (χ0n) is 8.94. The Morgan fingerprint density at radius 1 is 1.38 bits per heavy atom. The van der Waals surface area contributed by atoms with E-state index in [2.05, 4.69) is 6.07 Å². The van der Waals surface area contributed by atoms with E-state index >= 15 is 0 Å². The largest absolute Gasteiger partial charge is 0.308 e. The van der Waals surface area contributed by atoms with E-state index in [1.165, 1.54) is 0 Å². The fourth-order valence-corrected chi connectivity index (χ4v) is 1.92. The lowest BCUT2D eigenvalue weighted by Crippen LogP contribution is -1.98. The molecule has 2 rings (SSSR count). The van der Waals surface area contributed by atoms with E-state index in [0.717, 1.165) is 16.8 Å². The lowest BCUT2D eigenvalue weighted by molar-refractivity contribution is 1.03. The summed E-state index contributed by atoms with van der Waals surface area (Å²) in [5.74, 6) is 0.512. The smallest absolute Gasteiger partial charge is 0.124 e. The molecular formula is C13H11ClN2. The number of aromatic nitrogens is 1. The van der Waals surface area contributed by atoms with Crippen LogP contribution in [-0.4, -0.2) is 4.57 Å². The molecular weight excluding hydrogens is 220 g/mol. The first-order chi connectivity index (χ1) is 7.76. The van der Waals surface area contributed by atoms with Gasteiger partial charge < -0.3 is 4.57 Å². The maximum Gasteiger partial charge on any atom is 0.124 e. The van der Waals surface area contributed by atoms with Crippen molar-refractivity contribution in [2.75, 3.05) is 0 Å². The lowest BCUT2D eigenvalue weighted by Gasteiger charge is -2.09. The highest BCUT2D eigenvalue weighted by Gasteiger charge is 2.05. The Kier molecular flexibility index (Phi) is 2.98. The summed E-state index contributed by atoms with van der Waals surface area (Å²) < 4.78 is 1.88. The summed E-state index contributed by atoms with van der Waals surface area (Å²) in [5, 5.41) is 8.97. The van der Waals surface area contributed by atoms with Gasteiger partial charge >= 0.3 is 0 Å². The van der Waals surface area contributed by atoms with Gasteiger partial charge in [-0.05, 0) is 36.2 Å². The normalized spacial score (nSPS) is 10.1. The van der Waals surface area contributed by atoms with E-state index in [-0.39, 0.29) is 0 Å². The third-order valence-electron chi connectivity index (χ3n) is 2.54. The summed E-state index contributed by atoms with van der Waals surface area (Å²) in [4.78, 5) is 0. The quantitative estimate of drug-likeness (QED) is 0.727. The van der Waals surface area contributed by atoms with Crippen LogP contribution in [0.4, 0.5) is 0 Å². The number of alkyl halides is 1. The van der Waals surface area contributed by atoms with Crippen molar-refractivity contribution in [3.8, 4) is 11.8 Å². The SMILES string of the molecule is Cc1cc(CCl)ccc1-n1cccc1C#N. The first-order valence-corrected chi connectivity index (χ1v) is 5.53. The molecule has 0 amide bonds. The highest BCUT2D eigenvalue weighted by Crippen LogP contribution is 2.19. The molecule has 0 saturated carbocycles. The molecule has 0 spiro atoms. The highest BCUT2D eigenvalue weighted by molar-refractivity contribution is 6.17. The highest BCUT2D eigenvalue weighted by atomic mass is 35.5. The van der Waals surface area contributed by atoms with Crippen LogP contribution in [0.25, 0.3) is 5.69 Å². The fourth-order valence-electron chi connectivity index (χ4n) is 1.75. The van der Waals surface area contributed by atoms with Gasteiger partial charge in [-0.3, -0.25) is 0 Å². The third-order valence-corrected chi connectivity index (χ3v) is 2.85. The van der Waals surface area contributed by atoms with Crippen molar-refractivity contribution in [2.24, 2.45) is 0 Å². The van der Waals surface area contributed by atoms with Gasteiger partial charge in [0.05, 0.1) is 0 Å². The van der Waals surface area contributed by atoms with Crippen molar-refractivity contribution >= 4 is 11.6 Å². The number of rotatable bonds is 2. The summed E-state index contributed by atoms with van der Waals surface area (Å²) in [7, 11) is 0.